The summed E-state index contributed by atoms with van der Waals surface area (Å²) in [6, 6.07) is 21.4. The van der Waals surface area contributed by atoms with E-state index in [0.29, 0.717) is 24.3 Å². The zero-order valence-electron chi connectivity index (χ0n) is 16.1. The molecule has 0 radical (unpaired) electrons. The number of hydrogen-bond acceptors (Lipinski definition) is 3. The Morgan fingerprint density at radius 3 is 2.24 bits per heavy atom. The first kappa shape index (κ1) is 19.2. The highest BCUT2D eigenvalue weighted by atomic mass is 32.2. The predicted molar refractivity (Wildman–Crippen MR) is 113 cm³/mol. The third kappa shape index (κ3) is 4.17. The van der Waals surface area contributed by atoms with E-state index >= 15 is 0 Å². The molecule has 0 atom stereocenters. The highest BCUT2D eigenvalue weighted by Crippen LogP contribution is 2.22. The van der Waals surface area contributed by atoms with Gasteiger partial charge in [0, 0.05) is 24.3 Å². The lowest BCUT2D eigenvalue weighted by Gasteiger charge is -2.29. The van der Waals surface area contributed by atoms with Crippen LogP contribution in [0.2, 0.25) is 0 Å². The van der Waals surface area contributed by atoms with Crippen LogP contribution in [0.3, 0.4) is 0 Å². The number of benzene rings is 3. The molecule has 0 fully saturated rings. The van der Waals surface area contributed by atoms with Crippen molar-refractivity contribution in [3.05, 3.63) is 95.1 Å². The smallest absolute Gasteiger partial charge is 0.261 e. The van der Waals surface area contributed by atoms with Crippen LogP contribution >= 0.6 is 0 Å². The molecule has 0 aromatic heterocycles. The third-order valence-corrected chi connectivity index (χ3v) is 6.53. The Hall–Kier alpha value is -3.12. The Kier molecular flexibility index (Phi) is 5.11. The lowest BCUT2D eigenvalue weighted by atomic mass is 9.99. The van der Waals surface area contributed by atoms with E-state index in [1.807, 2.05) is 37.3 Å². The number of amides is 1. The van der Waals surface area contributed by atoms with Gasteiger partial charge in [0.1, 0.15) is 0 Å². The normalized spacial score (nSPS) is 13.6. The van der Waals surface area contributed by atoms with E-state index in [0.717, 1.165) is 17.5 Å². The second-order valence-corrected chi connectivity index (χ2v) is 8.92. The standard InChI is InChI=1S/C23H22N2O3S/c1-17-6-10-21(11-7-17)24-29(27,28)22-12-8-19(9-13-22)23(26)25-15-14-18-4-2-3-5-20(18)16-25/h2-13,24H,14-16H2,1H3. The highest BCUT2D eigenvalue weighted by Gasteiger charge is 2.22. The van der Waals surface area contributed by atoms with E-state index < -0.39 is 10.0 Å². The number of aryl methyl sites for hydroxylation is 1. The van der Waals surface area contributed by atoms with Crippen LogP contribution in [0.4, 0.5) is 5.69 Å². The van der Waals surface area contributed by atoms with Crippen molar-refractivity contribution in [3.8, 4) is 0 Å². The number of anilines is 1. The second-order valence-electron chi connectivity index (χ2n) is 7.24. The van der Waals surface area contributed by atoms with E-state index in [1.165, 1.54) is 17.7 Å². The zero-order valence-corrected chi connectivity index (χ0v) is 16.9. The van der Waals surface area contributed by atoms with Gasteiger partial charge >= 0.3 is 0 Å². The molecule has 1 aliphatic heterocycles. The molecule has 1 N–H and O–H groups in total. The monoisotopic (exact) mass is 406 g/mol. The summed E-state index contributed by atoms with van der Waals surface area (Å²) in [5.74, 6) is -0.0880. The first-order valence-corrected chi connectivity index (χ1v) is 11.0. The first-order chi connectivity index (χ1) is 13.9. The van der Waals surface area contributed by atoms with Gasteiger partial charge in [0.05, 0.1) is 4.90 Å². The first-order valence-electron chi connectivity index (χ1n) is 9.48. The van der Waals surface area contributed by atoms with E-state index in [2.05, 4.69) is 10.8 Å². The predicted octanol–water partition coefficient (Wildman–Crippen LogP) is 3.99. The van der Waals surface area contributed by atoms with Crippen LogP contribution in [0.25, 0.3) is 0 Å². The topological polar surface area (TPSA) is 66.5 Å². The molecule has 6 heteroatoms. The van der Waals surface area contributed by atoms with Crippen LogP contribution in [0.1, 0.15) is 27.0 Å². The van der Waals surface area contributed by atoms with Gasteiger partial charge in [-0.1, -0.05) is 42.0 Å². The third-order valence-electron chi connectivity index (χ3n) is 5.13. The van der Waals surface area contributed by atoms with Gasteiger partial charge in [-0.15, -0.1) is 0 Å². The van der Waals surface area contributed by atoms with Gasteiger partial charge in [0.25, 0.3) is 15.9 Å². The Morgan fingerprint density at radius 1 is 0.897 bits per heavy atom. The number of fused-ring (bicyclic) bond motifs is 1. The molecule has 0 spiro atoms. The number of nitrogens with one attached hydrogen (secondary N) is 1. The molecular weight excluding hydrogens is 384 g/mol. The summed E-state index contributed by atoms with van der Waals surface area (Å²) in [6.45, 7) is 3.17. The van der Waals surface area contributed by atoms with Crippen molar-refractivity contribution in [1.29, 1.82) is 0 Å². The fraction of sp³-hybridized carbons (Fsp3) is 0.174. The number of sulfonamides is 1. The molecule has 0 aliphatic carbocycles. The van der Waals surface area contributed by atoms with Crippen LogP contribution in [-0.2, 0) is 23.0 Å². The summed E-state index contributed by atoms with van der Waals surface area (Å²) in [7, 11) is -3.71. The van der Waals surface area contributed by atoms with Crippen LogP contribution < -0.4 is 4.72 Å². The maximum Gasteiger partial charge on any atom is 0.261 e. The van der Waals surface area contributed by atoms with E-state index in [1.54, 1.807) is 29.2 Å². The number of carbonyl (C=O) groups excluding carboxylic acids is 1. The molecule has 29 heavy (non-hydrogen) atoms. The summed E-state index contributed by atoms with van der Waals surface area (Å²) in [6.07, 6.45) is 0.828. The minimum absolute atomic E-state index is 0.0880. The lowest BCUT2D eigenvalue weighted by molar-refractivity contribution is 0.0734. The van der Waals surface area contributed by atoms with Crippen molar-refractivity contribution in [2.75, 3.05) is 11.3 Å². The van der Waals surface area contributed by atoms with E-state index in [-0.39, 0.29) is 10.8 Å². The molecule has 3 aromatic rings. The number of rotatable bonds is 4. The molecule has 0 saturated heterocycles. The average molecular weight is 407 g/mol. The molecule has 0 saturated carbocycles. The Balaban J connectivity index is 1.49. The van der Waals surface area contributed by atoms with Crippen molar-refractivity contribution in [3.63, 3.8) is 0 Å². The van der Waals surface area contributed by atoms with Gasteiger partial charge in [0.15, 0.2) is 0 Å². The lowest BCUT2D eigenvalue weighted by Crippen LogP contribution is -2.35. The minimum atomic E-state index is -3.71. The summed E-state index contributed by atoms with van der Waals surface area (Å²) >= 11 is 0. The largest absolute Gasteiger partial charge is 0.334 e. The number of nitrogens with zero attached hydrogens (tertiary/aromatic N) is 1. The zero-order chi connectivity index (χ0) is 20.4. The molecular formula is C23H22N2O3S. The van der Waals surface area contributed by atoms with Crippen LogP contribution in [0, 0.1) is 6.92 Å². The van der Waals surface area contributed by atoms with Gasteiger partial charge in [-0.2, -0.15) is 0 Å². The summed E-state index contributed by atoms with van der Waals surface area (Å²) < 4.78 is 27.8. The van der Waals surface area contributed by atoms with Gasteiger partial charge in [-0.3, -0.25) is 9.52 Å². The Bertz CT molecular complexity index is 1140. The van der Waals surface area contributed by atoms with Crippen LogP contribution in [0.15, 0.2) is 77.7 Å². The quantitative estimate of drug-likeness (QED) is 0.712. The molecule has 1 amide bonds. The fourth-order valence-corrected chi connectivity index (χ4v) is 4.52. The van der Waals surface area contributed by atoms with Crippen molar-refractivity contribution in [1.82, 2.24) is 4.90 Å². The molecule has 0 bridgehead atoms. The summed E-state index contributed by atoms with van der Waals surface area (Å²) in [5.41, 5.74) is 4.48. The van der Waals surface area contributed by atoms with Crippen LogP contribution in [-0.4, -0.2) is 25.8 Å². The van der Waals surface area contributed by atoms with Crippen LogP contribution in [0.5, 0.6) is 0 Å². The molecule has 148 valence electrons. The molecule has 1 heterocycles. The fourth-order valence-electron chi connectivity index (χ4n) is 3.46. The van der Waals surface area contributed by atoms with Crippen molar-refractivity contribution in [2.45, 2.75) is 24.8 Å². The van der Waals surface area contributed by atoms with Gasteiger partial charge in [-0.05, 0) is 60.9 Å². The molecule has 4 rings (SSSR count). The van der Waals surface area contributed by atoms with Gasteiger partial charge < -0.3 is 4.90 Å². The molecule has 3 aromatic carbocycles. The van der Waals surface area contributed by atoms with Gasteiger partial charge in [-0.25, -0.2) is 8.42 Å². The SMILES string of the molecule is Cc1ccc(NS(=O)(=O)c2ccc(C(=O)N3CCc4ccccc4C3)cc2)cc1. The van der Waals surface area contributed by atoms with Crippen molar-refractivity contribution >= 4 is 21.6 Å². The van der Waals surface area contributed by atoms with E-state index in [9.17, 15) is 13.2 Å². The Morgan fingerprint density at radius 2 is 1.55 bits per heavy atom. The molecule has 5 nitrogen and oxygen atoms in total. The second kappa shape index (κ2) is 7.72. The summed E-state index contributed by atoms with van der Waals surface area (Å²) in [4.78, 5) is 14.8. The number of hydrogen-bond donors (Lipinski definition) is 1. The maximum atomic E-state index is 12.9. The molecule has 1 aliphatic rings. The minimum Gasteiger partial charge on any atom is -0.334 e. The molecule has 0 unspecified atom stereocenters. The van der Waals surface area contributed by atoms with E-state index in [4.69, 9.17) is 0 Å². The van der Waals surface area contributed by atoms with Crippen molar-refractivity contribution in [2.24, 2.45) is 0 Å². The number of carbonyl (C=O) groups is 1. The summed E-state index contributed by atoms with van der Waals surface area (Å²) in [5, 5.41) is 0. The van der Waals surface area contributed by atoms with Gasteiger partial charge in [0.2, 0.25) is 0 Å². The Labute approximate surface area is 171 Å². The maximum absolute atomic E-state index is 12.9. The highest BCUT2D eigenvalue weighted by molar-refractivity contribution is 7.92. The average Bonchev–Trinajstić information content (AvgIpc) is 2.74. The van der Waals surface area contributed by atoms with Crippen molar-refractivity contribution < 1.29 is 13.2 Å².